The molecule has 422 valence electrons. The third-order valence-corrected chi connectivity index (χ3v) is 15.5. The number of benzene rings is 2. The second kappa shape index (κ2) is 23.6. The van der Waals surface area contributed by atoms with Gasteiger partial charge in [-0.2, -0.15) is 0 Å². The number of methoxy groups -OCH3 is 1. The van der Waals surface area contributed by atoms with E-state index in [1.807, 2.05) is 0 Å². The van der Waals surface area contributed by atoms with Crippen LogP contribution >= 0.6 is 0 Å². The van der Waals surface area contributed by atoms with Crippen LogP contribution in [0.15, 0.2) is 12.1 Å². The first kappa shape index (κ1) is 57.8. The van der Waals surface area contributed by atoms with Crippen LogP contribution in [0.3, 0.4) is 0 Å². The molecule has 5 saturated heterocycles. The lowest BCUT2D eigenvalue weighted by molar-refractivity contribution is -0.329. The molecular formula is C51H74O24. The Hall–Kier alpha value is -3.32. The summed E-state index contributed by atoms with van der Waals surface area (Å²) in [6.45, 7) is 10.6. The van der Waals surface area contributed by atoms with Gasteiger partial charge in [-0.1, -0.05) is 0 Å². The predicted octanol–water partition coefficient (Wildman–Crippen LogP) is -0.639. The van der Waals surface area contributed by atoms with Gasteiger partial charge in [0.1, 0.15) is 66.1 Å². The highest BCUT2D eigenvalue weighted by atomic mass is 16.7. The Morgan fingerprint density at radius 3 is 1.49 bits per heavy atom. The van der Waals surface area contributed by atoms with E-state index >= 15 is 4.79 Å². The second-order valence-electron chi connectivity index (χ2n) is 21.0. The number of rotatable bonds is 15. The largest absolute Gasteiger partial charge is 0.507 e. The average molecular weight is 1070 g/mol. The normalized spacial score (nSPS) is 41.9. The summed E-state index contributed by atoms with van der Waals surface area (Å²) < 4.78 is 66.3. The smallest absolute Gasteiger partial charge is 0.202 e. The Balaban J connectivity index is 1.04. The van der Waals surface area contributed by atoms with E-state index in [2.05, 4.69) is 0 Å². The molecule has 5 aliphatic heterocycles. The molecule has 0 spiro atoms. The second-order valence-corrected chi connectivity index (χ2v) is 21.0. The molecule has 5 fully saturated rings. The SMILES string of the molecule is CO[C@H](C(=O)[C@@H](O)[C@@H](C)O)C1Cc2cc3cc(O[C@H]4CC(O[C@H]5C[C@@H](O)[C@H](O)C(C)O5)[C@H](O)C(C)O4)c(C)c(O)c3c(O)c2C(=O)[C@H]1O[C@H]1C[C@@H](O[C@H]2CC(O[C@H]3CC(O)[C@H](O)C(C)O3)[C@@H](O)C(C)O2)[C@H](O)C(C)O1. The first-order chi connectivity index (χ1) is 35.4. The van der Waals surface area contributed by atoms with Gasteiger partial charge in [0.05, 0.1) is 78.1 Å². The van der Waals surface area contributed by atoms with Crippen molar-refractivity contribution in [2.24, 2.45) is 5.92 Å². The van der Waals surface area contributed by atoms with E-state index in [1.165, 1.54) is 40.0 Å². The van der Waals surface area contributed by atoms with E-state index in [0.717, 1.165) is 0 Å². The van der Waals surface area contributed by atoms with E-state index in [1.54, 1.807) is 27.7 Å². The molecular weight excluding hydrogens is 997 g/mol. The molecule has 0 amide bonds. The van der Waals surface area contributed by atoms with Gasteiger partial charge in [0, 0.05) is 50.7 Å². The van der Waals surface area contributed by atoms with Crippen molar-refractivity contribution in [3.63, 3.8) is 0 Å². The maximum absolute atomic E-state index is 15.0. The fraction of sp³-hybridized carbons (Fsp3) is 0.765. The number of aliphatic hydroxyl groups excluding tert-OH is 9. The fourth-order valence-corrected chi connectivity index (χ4v) is 11.0. The molecule has 6 aliphatic rings. The Bertz CT molecular complexity index is 2290. The van der Waals surface area contributed by atoms with Crippen molar-refractivity contribution in [2.75, 3.05) is 7.11 Å². The van der Waals surface area contributed by atoms with E-state index in [0.29, 0.717) is 0 Å². The molecule has 9 unspecified atom stereocenters. The van der Waals surface area contributed by atoms with Crippen LogP contribution in [0.25, 0.3) is 10.8 Å². The molecule has 0 radical (unpaired) electrons. The lowest BCUT2D eigenvalue weighted by Gasteiger charge is -2.45. The Labute approximate surface area is 432 Å². The van der Waals surface area contributed by atoms with Crippen molar-refractivity contribution in [2.45, 2.75) is 234 Å². The molecule has 11 N–H and O–H groups in total. The van der Waals surface area contributed by atoms with Crippen LogP contribution in [0.4, 0.5) is 0 Å². The standard InChI is InChI=1S/C51H74O24/c1-17-29(71-35-14-30(44(59)21(5)68-35)72-33-12-27(53)42(57)19(3)66-33)11-25-9-24-10-26(50(65-8)49(64)41(56)18(2)52)51(48(63)39(24)47(62)38(25)40(17)55)75-37-16-32(46(61)23(7)70-37)74-36-15-31(45(60)22(6)69-36)73-34-13-28(54)43(58)20(4)67-34/h9,11,18-23,26-28,30-37,41-46,50-62H,10,12-16H2,1-8H3/t18-,19?,20?,21?,22?,23?,26?,27-,28?,30?,31?,32-,33+,34+,35+,36+,37+,41+,42-,43-,44-,45+,46-,50+,51+/m1/s1. The van der Waals surface area contributed by atoms with Gasteiger partial charge in [-0.25, -0.2) is 0 Å². The summed E-state index contributed by atoms with van der Waals surface area (Å²) in [5.41, 5.74) is 0.0678. The molecule has 0 bridgehead atoms. The fourth-order valence-electron chi connectivity index (χ4n) is 11.0. The summed E-state index contributed by atoms with van der Waals surface area (Å²) in [6.07, 6.45) is -27.9. The first-order valence-electron chi connectivity index (χ1n) is 25.7. The summed E-state index contributed by atoms with van der Waals surface area (Å²) in [5.74, 6) is -4.06. The lowest BCUT2D eigenvalue weighted by Crippen LogP contribution is -2.57. The first-order valence-corrected chi connectivity index (χ1v) is 25.7. The number of ketones is 2. The number of hydrogen-bond donors (Lipinski definition) is 11. The maximum Gasteiger partial charge on any atom is 0.202 e. The lowest BCUT2D eigenvalue weighted by atomic mass is 9.75. The van der Waals surface area contributed by atoms with Gasteiger partial charge in [-0.3, -0.25) is 9.59 Å². The monoisotopic (exact) mass is 1070 g/mol. The van der Waals surface area contributed by atoms with Gasteiger partial charge in [-0.05, 0) is 78.0 Å². The zero-order valence-electron chi connectivity index (χ0n) is 43.1. The molecule has 25 atom stereocenters. The molecule has 1 aliphatic carbocycles. The molecule has 0 saturated carbocycles. The van der Waals surface area contributed by atoms with Crippen LogP contribution in [0.2, 0.25) is 0 Å². The van der Waals surface area contributed by atoms with Crippen LogP contribution in [0.5, 0.6) is 17.2 Å². The number of Topliss-reactive ketones (excluding diaryl/α,β-unsaturated/α-hetero) is 2. The van der Waals surface area contributed by atoms with Crippen molar-refractivity contribution in [3.8, 4) is 17.2 Å². The van der Waals surface area contributed by atoms with Gasteiger partial charge in [0.15, 0.2) is 36.7 Å². The Morgan fingerprint density at radius 2 is 1.04 bits per heavy atom. The van der Waals surface area contributed by atoms with Crippen molar-refractivity contribution in [1.29, 1.82) is 0 Å². The average Bonchev–Trinajstić information content (AvgIpc) is 3.34. The van der Waals surface area contributed by atoms with Gasteiger partial charge in [-0.15, -0.1) is 0 Å². The number of aromatic hydroxyl groups is 2. The molecule has 2 aromatic rings. The van der Waals surface area contributed by atoms with Crippen LogP contribution in [-0.2, 0) is 58.6 Å². The van der Waals surface area contributed by atoms with Gasteiger partial charge < -0.3 is 108 Å². The number of phenols is 2. The highest BCUT2D eigenvalue weighted by molar-refractivity contribution is 6.11. The van der Waals surface area contributed by atoms with Crippen LogP contribution < -0.4 is 4.74 Å². The number of ether oxygens (including phenoxy) is 11. The van der Waals surface area contributed by atoms with Crippen molar-refractivity contribution >= 4 is 22.3 Å². The number of carbonyl (C=O) groups is 2. The molecule has 5 heterocycles. The zero-order valence-corrected chi connectivity index (χ0v) is 43.1. The summed E-state index contributed by atoms with van der Waals surface area (Å²) in [4.78, 5) is 28.9. The van der Waals surface area contributed by atoms with Gasteiger partial charge in [0.2, 0.25) is 6.29 Å². The van der Waals surface area contributed by atoms with E-state index in [-0.39, 0.29) is 71.7 Å². The minimum Gasteiger partial charge on any atom is -0.507 e. The van der Waals surface area contributed by atoms with Gasteiger partial charge in [0.25, 0.3) is 0 Å². The van der Waals surface area contributed by atoms with Crippen LogP contribution in [0.1, 0.15) is 95.1 Å². The van der Waals surface area contributed by atoms with E-state index in [4.69, 9.17) is 52.1 Å². The third-order valence-electron chi connectivity index (χ3n) is 15.5. The number of hydrogen-bond acceptors (Lipinski definition) is 24. The highest BCUT2D eigenvalue weighted by Crippen LogP contribution is 2.47. The Morgan fingerprint density at radius 1 is 0.613 bits per heavy atom. The van der Waals surface area contributed by atoms with Gasteiger partial charge >= 0.3 is 0 Å². The van der Waals surface area contributed by atoms with Crippen molar-refractivity contribution in [3.05, 3.63) is 28.8 Å². The number of aliphatic hydroxyl groups is 9. The number of phenolic OH excluding ortho intramolecular Hbond substituents is 2. The number of carbonyl (C=O) groups excluding carboxylic acids is 2. The maximum atomic E-state index is 15.0. The zero-order chi connectivity index (χ0) is 54.6. The quantitative estimate of drug-likeness (QED) is 0.106. The Kier molecular flexibility index (Phi) is 18.2. The van der Waals surface area contributed by atoms with Crippen molar-refractivity contribution in [1.82, 2.24) is 0 Å². The minimum absolute atomic E-state index is 0.0357. The van der Waals surface area contributed by atoms with E-state index in [9.17, 15) is 61.0 Å². The van der Waals surface area contributed by atoms with Crippen LogP contribution in [0, 0.1) is 12.8 Å². The predicted molar refractivity (Wildman–Crippen MR) is 254 cm³/mol. The molecule has 75 heavy (non-hydrogen) atoms. The van der Waals surface area contributed by atoms with Crippen LogP contribution in [-0.4, -0.2) is 222 Å². The topological polar surface area (TPSA) is 358 Å². The molecule has 0 aromatic heterocycles. The van der Waals surface area contributed by atoms with E-state index < -0.39 is 176 Å². The molecule has 2 aromatic carbocycles. The summed E-state index contributed by atoms with van der Waals surface area (Å²) in [6, 6.07) is 3.03. The highest BCUT2D eigenvalue weighted by Gasteiger charge is 2.51. The minimum atomic E-state index is -1.95. The summed E-state index contributed by atoms with van der Waals surface area (Å²) >= 11 is 0. The molecule has 8 rings (SSSR count). The molecule has 24 nitrogen and oxygen atoms in total. The number of fused-ring (bicyclic) bond motifs is 2. The summed E-state index contributed by atoms with van der Waals surface area (Å²) in [5, 5.41) is 119. The molecule has 24 heteroatoms. The summed E-state index contributed by atoms with van der Waals surface area (Å²) in [7, 11) is 1.18. The van der Waals surface area contributed by atoms with Crippen molar-refractivity contribution < 1.29 is 118 Å². The third kappa shape index (κ3) is 12.0.